The third-order valence-corrected chi connectivity index (χ3v) is 6.19. The molecule has 0 atom stereocenters. The Hall–Kier alpha value is -3.80. The Kier molecular flexibility index (Phi) is 9.92. The molecule has 0 heterocycles. The van der Waals surface area contributed by atoms with E-state index in [0.717, 1.165) is 49.7 Å². The van der Waals surface area contributed by atoms with Gasteiger partial charge in [0.25, 0.3) is 11.8 Å². The van der Waals surface area contributed by atoms with Crippen LogP contribution < -0.4 is 10.6 Å². The van der Waals surface area contributed by atoms with Gasteiger partial charge in [-0.25, -0.2) is 0 Å². The largest absolute Gasteiger partial charge is 0.507 e. The number of nitrogens with one attached hydrogen (secondary N) is 2. The van der Waals surface area contributed by atoms with E-state index in [0.29, 0.717) is 24.2 Å². The molecule has 6 heteroatoms. The zero-order chi connectivity index (χ0) is 25.9. The number of carbonyl (C=O) groups excluding carboxylic acids is 2. The Labute approximate surface area is 213 Å². The van der Waals surface area contributed by atoms with Crippen molar-refractivity contribution in [2.45, 2.75) is 65.2 Å². The molecule has 0 aliphatic heterocycles. The fourth-order valence-electron chi connectivity index (χ4n) is 4.31. The Bertz CT molecular complexity index is 1100. The molecule has 0 aliphatic carbocycles. The van der Waals surface area contributed by atoms with Gasteiger partial charge < -0.3 is 20.8 Å². The van der Waals surface area contributed by atoms with Crippen molar-refractivity contribution in [1.29, 1.82) is 0 Å². The van der Waals surface area contributed by atoms with Crippen molar-refractivity contribution in [2.75, 3.05) is 10.6 Å². The van der Waals surface area contributed by atoms with Crippen molar-refractivity contribution < 1.29 is 19.8 Å². The molecule has 0 saturated carbocycles. The standard InChI is InChI=1S/C30H36N2O4/c1-3-5-7-12-21-14-9-18-25(33)27(21)29(35)31-23-16-11-17-24(20-23)32-30(36)28-22(13-8-6-4-2)15-10-19-26(28)34/h9-11,14-20,33-34H,3-8,12-13H2,1-2H3,(H,31,35)(H,32,36). The second-order valence-corrected chi connectivity index (χ2v) is 9.03. The third kappa shape index (κ3) is 7.11. The number of rotatable bonds is 12. The van der Waals surface area contributed by atoms with E-state index in [4.69, 9.17) is 0 Å². The lowest BCUT2D eigenvalue weighted by atomic mass is 9.99. The van der Waals surface area contributed by atoms with Crippen molar-refractivity contribution in [2.24, 2.45) is 0 Å². The van der Waals surface area contributed by atoms with Gasteiger partial charge in [-0.05, 0) is 67.1 Å². The van der Waals surface area contributed by atoms with Crippen LogP contribution in [0.4, 0.5) is 11.4 Å². The Morgan fingerprint density at radius 3 is 1.47 bits per heavy atom. The van der Waals surface area contributed by atoms with Crippen molar-refractivity contribution in [3.63, 3.8) is 0 Å². The van der Waals surface area contributed by atoms with Gasteiger partial charge >= 0.3 is 0 Å². The predicted molar refractivity (Wildman–Crippen MR) is 145 cm³/mol. The smallest absolute Gasteiger partial charge is 0.259 e. The average Bonchev–Trinajstić information content (AvgIpc) is 2.84. The van der Waals surface area contributed by atoms with Gasteiger partial charge in [-0.1, -0.05) is 69.9 Å². The van der Waals surface area contributed by atoms with Gasteiger partial charge in [-0.2, -0.15) is 0 Å². The molecule has 0 bridgehead atoms. The average molecular weight is 489 g/mol. The van der Waals surface area contributed by atoms with Crippen molar-refractivity contribution in [3.05, 3.63) is 82.9 Å². The van der Waals surface area contributed by atoms with Crippen molar-refractivity contribution >= 4 is 23.2 Å². The number of hydrogen-bond donors (Lipinski definition) is 4. The first-order chi connectivity index (χ1) is 17.4. The summed E-state index contributed by atoms with van der Waals surface area (Å²) < 4.78 is 0. The van der Waals surface area contributed by atoms with Crippen LogP contribution >= 0.6 is 0 Å². The number of hydrogen-bond acceptors (Lipinski definition) is 4. The van der Waals surface area contributed by atoms with Gasteiger partial charge in [-0.15, -0.1) is 0 Å². The SMILES string of the molecule is CCCCCc1cccc(O)c1C(=O)Nc1cccc(NC(=O)c2c(O)cccc2CCCCC)c1. The van der Waals surface area contributed by atoms with Gasteiger partial charge in [0.15, 0.2) is 0 Å². The molecule has 3 rings (SSSR count). The molecule has 0 radical (unpaired) electrons. The van der Waals surface area contributed by atoms with E-state index in [-0.39, 0.29) is 22.6 Å². The van der Waals surface area contributed by atoms with E-state index in [9.17, 15) is 19.8 Å². The molecule has 6 nitrogen and oxygen atoms in total. The molecule has 4 N–H and O–H groups in total. The molecule has 3 aromatic carbocycles. The van der Waals surface area contributed by atoms with Crippen molar-refractivity contribution in [1.82, 2.24) is 0 Å². The number of aromatic hydroxyl groups is 2. The number of aryl methyl sites for hydroxylation is 2. The highest BCUT2D eigenvalue weighted by atomic mass is 16.3. The highest BCUT2D eigenvalue weighted by Crippen LogP contribution is 2.27. The molecule has 190 valence electrons. The van der Waals surface area contributed by atoms with Gasteiger partial charge in [-0.3, -0.25) is 9.59 Å². The lowest BCUT2D eigenvalue weighted by molar-refractivity contribution is 0.101. The number of unbranched alkanes of at least 4 members (excludes halogenated alkanes) is 4. The quantitative estimate of drug-likeness (QED) is 0.205. The van der Waals surface area contributed by atoms with Crippen LogP contribution in [0.1, 0.15) is 84.2 Å². The maximum atomic E-state index is 13.1. The summed E-state index contributed by atoms with van der Waals surface area (Å²) in [5, 5.41) is 26.4. The molecule has 0 aliphatic rings. The maximum Gasteiger partial charge on any atom is 0.259 e. The van der Waals surface area contributed by atoms with Gasteiger partial charge in [0.05, 0.1) is 11.1 Å². The van der Waals surface area contributed by atoms with Crippen molar-refractivity contribution in [3.8, 4) is 11.5 Å². The van der Waals surface area contributed by atoms with Gasteiger partial charge in [0, 0.05) is 11.4 Å². The minimum absolute atomic E-state index is 0.0545. The summed E-state index contributed by atoms with van der Waals surface area (Å²) in [5.74, 6) is -0.911. The molecule has 0 saturated heterocycles. The highest BCUT2D eigenvalue weighted by Gasteiger charge is 2.18. The number of amides is 2. The Balaban J connectivity index is 1.75. The second kappa shape index (κ2) is 13.3. The van der Waals surface area contributed by atoms with Gasteiger partial charge in [0.1, 0.15) is 11.5 Å². The van der Waals surface area contributed by atoms with E-state index in [2.05, 4.69) is 24.5 Å². The summed E-state index contributed by atoms with van der Waals surface area (Å²) in [6, 6.07) is 17.1. The lowest BCUT2D eigenvalue weighted by Gasteiger charge is -2.14. The summed E-state index contributed by atoms with van der Waals surface area (Å²) in [7, 11) is 0. The zero-order valence-corrected chi connectivity index (χ0v) is 21.1. The fourth-order valence-corrected chi connectivity index (χ4v) is 4.31. The fraction of sp³-hybridized carbons (Fsp3) is 0.333. The molecule has 0 fully saturated rings. The minimum Gasteiger partial charge on any atom is -0.507 e. The maximum absolute atomic E-state index is 13.1. The van der Waals surface area contributed by atoms with Crippen LogP contribution in [0, 0.1) is 0 Å². The summed E-state index contributed by atoms with van der Waals surface area (Å²) in [6.45, 7) is 4.24. The van der Waals surface area contributed by atoms with Crippen LogP contribution in [0.25, 0.3) is 0 Å². The third-order valence-electron chi connectivity index (χ3n) is 6.19. The molecule has 0 unspecified atom stereocenters. The van der Waals surface area contributed by atoms with Crippen LogP contribution in [0.5, 0.6) is 11.5 Å². The van der Waals surface area contributed by atoms with Crippen LogP contribution in [0.15, 0.2) is 60.7 Å². The summed E-state index contributed by atoms with van der Waals surface area (Å²) in [5.41, 5.74) is 3.13. The number of carbonyl (C=O) groups is 2. The van der Waals surface area contributed by atoms with E-state index < -0.39 is 11.8 Å². The number of phenols is 2. The normalized spacial score (nSPS) is 10.7. The monoisotopic (exact) mass is 488 g/mol. The molecular formula is C30H36N2O4. The first-order valence-electron chi connectivity index (χ1n) is 12.8. The van der Waals surface area contributed by atoms with E-state index >= 15 is 0 Å². The number of benzene rings is 3. The van der Waals surface area contributed by atoms with Crippen LogP contribution in [-0.4, -0.2) is 22.0 Å². The Morgan fingerprint density at radius 2 is 1.06 bits per heavy atom. The number of anilines is 2. The van der Waals surface area contributed by atoms with Gasteiger partial charge in [0.2, 0.25) is 0 Å². The topological polar surface area (TPSA) is 98.7 Å². The number of phenolic OH excluding ortho intramolecular Hbond substituents is 2. The second-order valence-electron chi connectivity index (χ2n) is 9.03. The van der Waals surface area contributed by atoms with Crippen LogP contribution in [0.3, 0.4) is 0 Å². The zero-order valence-electron chi connectivity index (χ0n) is 21.1. The minimum atomic E-state index is -0.401. The lowest BCUT2D eigenvalue weighted by Crippen LogP contribution is -2.16. The van der Waals surface area contributed by atoms with Crippen LogP contribution in [-0.2, 0) is 12.8 Å². The molecule has 2 amide bonds. The molecule has 0 aromatic heterocycles. The molecule has 0 spiro atoms. The molecular weight excluding hydrogens is 452 g/mol. The van der Waals surface area contributed by atoms with E-state index in [1.165, 1.54) is 12.1 Å². The predicted octanol–water partition coefficient (Wildman–Crippen LogP) is 7.07. The Morgan fingerprint density at radius 1 is 0.639 bits per heavy atom. The first-order valence-corrected chi connectivity index (χ1v) is 12.8. The van der Waals surface area contributed by atoms with E-state index in [1.54, 1.807) is 36.4 Å². The summed E-state index contributed by atoms with van der Waals surface area (Å²) in [4.78, 5) is 26.1. The van der Waals surface area contributed by atoms with E-state index in [1.807, 2.05) is 12.1 Å². The first kappa shape index (κ1) is 26.8. The highest BCUT2D eigenvalue weighted by molar-refractivity contribution is 6.09. The van der Waals surface area contributed by atoms with Crippen LogP contribution in [0.2, 0.25) is 0 Å². The summed E-state index contributed by atoms with van der Waals surface area (Å²) in [6.07, 6.45) is 7.54. The molecule has 36 heavy (non-hydrogen) atoms. The molecule has 3 aromatic rings. The summed E-state index contributed by atoms with van der Waals surface area (Å²) >= 11 is 0.